The highest BCUT2D eigenvalue weighted by Gasteiger charge is 2.26. The van der Waals surface area contributed by atoms with E-state index in [1.54, 1.807) is 7.11 Å². The monoisotopic (exact) mass is 243 g/mol. The lowest BCUT2D eigenvalue weighted by Gasteiger charge is -2.35. The van der Waals surface area contributed by atoms with Crippen molar-refractivity contribution in [1.29, 1.82) is 0 Å². The summed E-state index contributed by atoms with van der Waals surface area (Å²) >= 11 is 0. The van der Waals surface area contributed by atoms with Crippen molar-refractivity contribution in [3.05, 3.63) is 0 Å². The zero-order valence-corrected chi connectivity index (χ0v) is 12.9. The van der Waals surface area contributed by atoms with Crippen molar-refractivity contribution in [2.75, 3.05) is 20.3 Å². The summed E-state index contributed by atoms with van der Waals surface area (Å²) in [7, 11) is 1.79. The van der Waals surface area contributed by atoms with E-state index in [1.807, 2.05) is 0 Å². The van der Waals surface area contributed by atoms with Crippen LogP contribution < -0.4 is 5.32 Å². The SMILES string of the molecule is CCC(CC)(CCCCOC)CNC(C)(C)C. The Labute approximate surface area is 109 Å². The topological polar surface area (TPSA) is 21.3 Å². The van der Waals surface area contributed by atoms with E-state index in [1.165, 1.54) is 32.1 Å². The molecule has 0 aliphatic carbocycles. The van der Waals surface area contributed by atoms with Crippen LogP contribution in [0.3, 0.4) is 0 Å². The molecule has 104 valence electrons. The maximum atomic E-state index is 5.12. The lowest BCUT2D eigenvalue weighted by Crippen LogP contribution is -2.43. The number of methoxy groups -OCH3 is 1. The second-order valence-corrected chi connectivity index (χ2v) is 6.26. The molecule has 0 aromatic rings. The molecule has 2 nitrogen and oxygen atoms in total. The van der Waals surface area contributed by atoms with Gasteiger partial charge < -0.3 is 10.1 Å². The number of unbranched alkanes of at least 4 members (excludes halogenated alkanes) is 1. The minimum atomic E-state index is 0.224. The molecule has 0 aliphatic heterocycles. The highest BCUT2D eigenvalue weighted by molar-refractivity contribution is 4.83. The van der Waals surface area contributed by atoms with Crippen molar-refractivity contribution in [3.63, 3.8) is 0 Å². The van der Waals surface area contributed by atoms with Gasteiger partial charge in [0.15, 0.2) is 0 Å². The Hall–Kier alpha value is -0.0800. The maximum absolute atomic E-state index is 5.12. The van der Waals surface area contributed by atoms with Gasteiger partial charge in [0.25, 0.3) is 0 Å². The van der Waals surface area contributed by atoms with Gasteiger partial charge in [-0.2, -0.15) is 0 Å². The zero-order valence-electron chi connectivity index (χ0n) is 12.9. The first-order valence-electron chi connectivity index (χ1n) is 7.13. The molecule has 17 heavy (non-hydrogen) atoms. The summed E-state index contributed by atoms with van der Waals surface area (Å²) in [6.45, 7) is 13.4. The maximum Gasteiger partial charge on any atom is 0.0462 e. The van der Waals surface area contributed by atoms with Crippen molar-refractivity contribution in [1.82, 2.24) is 5.32 Å². The van der Waals surface area contributed by atoms with Crippen LogP contribution >= 0.6 is 0 Å². The molecule has 0 spiro atoms. The van der Waals surface area contributed by atoms with Gasteiger partial charge in [-0.1, -0.05) is 20.3 Å². The van der Waals surface area contributed by atoms with Gasteiger partial charge in [-0.15, -0.1) is 0 Å². The van der Waals surface area contributed by atoms with Gasteiger partial charge in [0.05, 0.1) is 0 Å². The molecule has 0 aliphatic rings. The molecule has 0 saturated heterocycles. The van der Waals surface area contributed by atoms with Crippen molar-refractivity contribution >= 4 is 0 Å². The fraction of sp³-hybridized carbons (Fsp3) is 1.00. The van der Waals surface area contributed by atoms with E-state index in [2.05, 4.69) is 39.9 Å². The molecular formula is C15H33NO. The van der Waals surface area contributed by atoms with Gasteiger partial charge in [-0.3, -0.25) is 0 Å². The van der Waals surface area contributed by atoms with Crippen LogP contribution in [0.1, 0.15) is 66.7 Å². The average Bonchev–Trinajstić information content (AvgIpc) is 2.28. The summed E-state index contributed by atoms with van der Waals surface area (Å²) in [6.07, 6.45) is 6.31. The molecule has 0 unspecified atom stereocenters. The van der Waals surface area contributed by atoms with Crippen LogP contribution in [0.4, 0.5) is 0 Å². The van der Waals surface area contributed by atoms with E-state index < -0.39 is 0 Å². The quantitative estimate of drug-likeness (QED) is 0.618. The lowest BCUT2D eigenvalue weighted by molar-refractivity contribution is 0.168. The standard InChI is InChI=1S/C15H33NO/c1-7-15(8-2,11-9-10-12-17-6)13-16-14(3,4)5/h16H,7-13H2,1-6H3. The first kappa shape index (κ1) is 16.9. The normalized spacial score (nSPS) is 13.1. The summed E-state index contributed by atoms with van der Waals surface area (Å²) < 4.78 is 5.12. The third kappa shape index (κ3) is 7.77. The lowest BCUT2D eigenvalue weighted by atomic mass is 9.77. The van der Waals surface area contributed by atoms with Gasteiger partial charge in [0, 0.05) is 25.8 Å². The molecular weight excluding hydrogens is 210 g/mol. The minimum absolute atomic E-state index is 0.224. The fourth-order valence-corrected chi connectivity index (χ4v) is 2.14. The van der Waals surface area contributed by atoms with Crippen LogP contribution in [-0.2, 0) is 4.74 Å². The number of ether oxygens (including phenoxy) is 1. The van der Waals surface area contributed by atoms with E-state index in [9.17, 15) is 0 Å². The predicted octanol–water partition coefficient (Wildman–Crippen LogP) is 4.00. The molecule has 0 aromatic heterocycles. The van der Waals surface area contributed by atoms with Crippen LogP contribution in [0.15, 0.2) is 0 Å². The first-order valence-corrected chi connectivity index (χ1v) is 7.13. The Balaban J connectivity index is 4.15. The highest BCUT2D eigenvalue weighted by atomic mass is 16.5. The minimum Gasteiger partial charge on any atom is -0.385 e. The first-order chi connectivity index (χ1) is 7.89. The third-order valence-corrected chi connectivity index (χ3v) is 3.80. The van der Waals surface area contributed by atoms with Crippen LogP contribution in [0, 0.1) is 5.41 Å². The number of hydrogen-bond acceptors (Lipinski definition) is 2. The molecule has 0 saturated carbocycles. The second kappa shape index (κ2) is 8.10. The van der Waals surface area contributed by atoms with Gasteiger partial charge in [0.1, 0.15) is 0 Å². The van der Waals surface area contributed by atoms with Crippen LogP contribution in [-0.4, -0.2) is 25.8 Å². The molecule has 0 amide bonds. The van der Waals surface area contributed by atoms with E-state index in [4.69, 9.17) is 4.74 Å². The van der Waals surface area contributed by atoms with Crippen molar-refractivity contribution < 1.29 is 4.74 Å². The highest BCUT2D eigenvalue weighted by Crippen LogP contribution is 2.32. The van der Waals surface area contributed by atoms with E-state index in [0.29, 0.717) is 5.41 Å². The molecule has 1 N–H and O–H groups in total. The smallest absolute Gasteiger partial charge is 0.0462 e. The van der Waals surface area contributed by atoms with E-state index in [-0.39, 0.29) is 5.54 Å². The van der Waals surface area contributed by atoms with E-state index >= 15 is 0 Å². The molecule has 0 radical (unpaired) electrons. The third-order valence-electron chi connectivity index (χ3n) is 3.80. The van der Waals surface area contributed by atoms with Crippen LogP contribution in [0.2, 0.25) is 0 Å². The number of hydrogen-bond donors (Lipinski definition) is 1. The Bertz CT molecular complexity index is 180. The molecule has 0 aromatic carbocycles. The summed E-state index contributed by atoms with van der Waals surface area (Å²) in [5.41, 5.74) is 0.698. The van der Waals surface area contributed by atoms with Crippen LogP contribution in [0.25, 0.3) is 0 Å². The number of rotatable bonds is 9. The number of nitrogens with one attached hydrogen (secondary N) is 1. The van der Waals surface area contributed by atoms with Crippen molar-refractivity contribution in [2.24, 2.45) is 5.41 Å². The summed E-state index contributed by atoms with van der Waals surface area (Å²) in [5, 5.41) is 3.67. The van der Waals surface area contributed by atoms with Gasteiger partial charge in [-0.05, 0) is 51.9 Å². The Morgan fingerprint density at radius 3 is 2.00 bits per heavy atom. The molecule has 0 bridgehead atoms. The molecule has 2 heteroatoms. The van der Waals surface area contributed by atoms with Crippen LogP contribution in [0.5, 0.6) is 0 Å². The van der Waals surface area contributed by atoms with Gasteiger partial charge in [0.2, 0.25) is 0 Å². The summed E-state index contributed by atoms with van der Waals surface area (Å²) in [6, 6.07) is 0. The van der Waals surface area contributed by atoms with Gasteiger partial charge in [-0.25, -0.2) is 0 Å². The average molecular weight is 243 g/mol. The van der Waals surface area contributed by atoms with Crippen molar-refractivity contribution in [2.45, 2.75) is 72.3 Å². The second-order valence-electron chi connectivity index (χ2n) is 6.26. The zero-order chi connectivity index (χ0) is 13.4. The Kier molecular flexibility index (Phi) is 8.06. The molecule has 0 fully saturated rings. The summed E-state index contributed by atoms with van der Waals surface area (Å²) in [4.78, 5) is 0. The molecule has 0 heterocycles. The van der Waals surface area contributed by atoms with E-state index in [0.717, 1.165) is 13.2 Å². The summed E-state index contributed by atoms with van der Waals surface area (Å²) in [5.74, 6) is 0. The molecule has 0 rings (SSSR count). The Morgan fingerprint density at radius 2 is 1.59 bits per heavy atom. The Morgan fingerprint density at radius 1 is 1.00 bits per heavy atom. The fourth-order valence-electron chi connectivity index (χ4n) is 2.14. The molecule has 0 atom stereocenters. The predicted molar refractivity (Wildman–Crippen MR) is 76.5 cm³/mol. The largest absolute Gasteiger partial charge is 0.385 e. The van der Waals surface area contributed by atoms with Gasteiger partial charge >= 0.3 is 0 Å². The van der Waals surface area contributed by atoms with Crippen molar-refractivity contribution in [3.8, 4) is 0 Å².